The van der Waals surface area contributed by atoms with E-state index in [9.17, 15) is 4.79 Å². The second kappa shape index (κ2) is 7.94. The van der Waals surface area contributed by atoms with Gasteiger partial charge in [-0.1, -0.05) is 24.3 Å². The smallest absolute Gasteiger partial charge is 0.225 e. The van der Waals surface area contributed by atoms with Crippen molar-refractivity contribution in [3.63, 3.8) is 0 Å². The average Bonchev–Trinajstić information content (AvgIpc) is 3.65. The Labute approximate surface area is 176 Å². The van der Waals surface area contributed by atoms with Gasteiger partial charge >= 0.3 is 0 Å². The Hall–Kier alpha value is -3.15. The normalized spacial score (nSPS) is 17.1. The summed E-state index contributed by atoms with van der Waals surface area (Å²) in [5.41, 5.74) is 1.89. The quantitative estimate of drug-likeness (QED) is 0.665. The minimum absolute atomic E-state index is 0.279. The zero-order valence-electron chi connectivity index (χ0n) is 17.3. The molecule has 1 saturated heterocycles. The predicted octanol–water partition coefficient (Wildman–Crippen LogP) is 3.75. The van der Waals surface area contributed by atoms with E-state index in [2.05, 4.69) is 27.2 Å². The molecule has 154 valence electrons. The Bertz CT molecular complexity index is 1060. The molecule has 1 aliphatic heterocycles. The third kappa shape index (κ3) is 3.58. The summed E-state index contributed by atoms with van der Waals surface area (Å²) >= 11 is 0. The average molecular weight is 402 g/mol. The number of aromatic nitrogens is 2. The number of carbonyl (C=O) groups excluding carboxylic acids is 1. The van der Waals surface area contributed by atoms with Gasteiger partial charge in [0.15, 0.2) is 5.82 Å². The molecule has 2 aliphatic rings. The zero-order valence-corrected chi connectivity index (χ0v) is 17.3. The number of methoxy groups -OCH3 is 1. The Kier molecular flexibility index (Phi) is 4.99. The molecular weight excluding hydrogens is 376 g/mol. The first kappa shape index (κ1) is 18.9. The van der Waals surface area contributed by atoms with Crippen molar-refractivity contribution in [2.24, 2.45) is 5.92 Å². The number of anilines is 1. The molecule has 0 N–H and O–H groups in total. The van der Waals surface area contributed by atoms with Crippen molar-refractivity contribution < 1.29 is 9.53 Å². The molecule has 6 nitrogen and oxygen atoms in total. The van der Waals surface area contributed by atoms with E-state index in [1.165, 1.54) is 0 Å². The van der Waals surface area contributed by atoms with Crippen LogP contribution in [0.1, 0.15) is 19.3 Å². The van der Waals surface area contributed by atoms with Crippen molar-refractivity contribution in [2.75, 3.05) is 38.2 Å². The SMILES string of the molecule is COc1ccc(-c2nnc(N3CCCN(C(=O)C4CC4)CC3)c3ccccc23)cc1. The van der Waals surface area contributed by atoms with Crippen molar-refractivity contribution in [1.82, 2.24) is 15.1 Å². The first-order valence-electron chi connectivity index (χ1n) is 10.7. The molecular formula is C24H26N4O2. The minimum atomic E-state index is 0.279. The van der Waals surface area contributed by atoms with Crippen molar-refractivity contribution in [2.45, 2.75) is 19.3 Å². The summed E-state index contributed by atoms with van der Waals surface area (Å²) in [7, 11) is 1.67. The maximum atomic E-state index is 12.5. The van der Waals surface area contributed by atoms with Crippen molar-refractivity contribution in [1.29, 1.82) is 0 Å². The molecule has 2 fully saturated rings. The highest BCUT2D eigenvalue weighted by molar-refractivity contribution is 6.00. The second-order valence-electron chi connectivity index (χ2n) is 8.09. The number of fused-ring (bicyclic) bond motifs is 1. The van der Waals surface area contributed by atoms with Gasteiger partial charge in [0.05, 0.1) is 7.11 Å². The fourth-order valence-corrected chi connectivity index (χ4v) is 4.22. The van der Waals surface area contributed by atoms with E-state index in [0.29, 0.717) is 5.91 Å². The summed E-state index contributed by atoms with van der Waals surface area (Å²) in [5.74, 6) is 2.34. The first-order chi connectivity index (χ1) is 14.7. The van der Waals surface area contributed by atoms with Crippen LogP contribution < -0.4 is 9.64 Å². The maximum absolute atomic E-state index is 12.5. The lowest BCUT2D eigenvalue weighted by Crippen LogP contribution is -2.36. The minimum Gasteiger partial charge on any atom is -0.497 e. The van der Waals surface area contributed by atoms with Gasteiger partial charge in [0, 0.05) is 48.4 Å². The van der Waals surface area contributed by atoms with Crippen LogP contribution in [0.2, 0.25) is 0 Å². The Balaban J connectivity index is 1.46. The molecule has 0 atom stereocenters. The van der Waals surface area contributed by atoms with E-state index in [1.54, 1.807) is 7.11 Å². The van der Waals surface area contributed by atoms with Crippen LogP contribution in [-0.4, -0.2) is 54.3 Å². The molecule has 3 aromatic rings. The third-order valence-electron chi connectivity index (χ3n) is 6.06. The highest BCUT2D eigenvalue weighted by Gasteiger charge is 2.34. The van der Waals surface area contributed by atoms with Gasteiger partial charge in [0.1, 0.15) is 11.4 Å². The van der Waals surface area contributed by atoms with E-state index in [0.717, 1.165) is 79.0 Å². The van der Waals surface area contributed by atoms with Gasteiger partial charge in [-0.2, -0.15) is 0 Å². The molecule has 5 rings (SSSR count). The number of nitrogens with zero attached hydrogens (tertiary/aromatic N) is 4. The first-order valence-corrected chi connectivity index (χ1v) is 10.7. The van der Waals surface area contributed by atoms with Gasteiger partial charge in [0.25, 0.3) is 0 Å². The summed E-state index contributed by atoms with van der Waals surface area (Å²) in [6.45, 7) is 3.26. The van der Waals surface area contributed by atoms with Crippen LogP contribution in [0, 0.1) is 5.92 Å². The molecule has 30 heavy (non-hydrogen) atoms. The van der Waals surface area contributed by atoms with Crippen LogP contribution >= 0.6 is 0 Å². The van der Waals surface area contributed by atoms with Gasteiger partial charge in [0.2, 0.25) is 5.91 Å². The molecule has 1 saturated carbocycles. The molecule has 2 heterocycles. The molecule has 0 bridgehead atoms. The van der Waals surface area contributed by atoms with E-state index >= 15 is 0 Å². The van der Waals surface area contributed by atoms with Gasteiger partial charge in [-0.3, -0.25) is 4.79 Å². The monoisotopic (exact) mass is 402 g/mol. The molecule has 1 amide bonds. The number of hydrogen-bond acceptors (Lipinski definition) is 5. The van der Waals surface area contributed by atoms with Crippen LogP contribution in [-0.2, 0) is 4.79 Å². The fraction of sp³-hybridized carbons (Fsp3) is 0.375. The van der Waals surface area contributed by atoms with Crippen molar-refractivity contribution in [3.8, 4) is 17.0 Å². The molecule has 0 unspecified atom stereocenters. The lowest BCUT2D eigenvalue weighted by molar-refractivity contribution is -0.132. The second-order valence-corrected chi connectivity index (χ2v) is 8.09. The third-order valence-corrected chi connectivity index (χ3v) is 6.06. The molecule has 0 radical (unpaired) electrons. The molecule has 6 heteroatoms. The summed E-state index contributed by atoms with van der Waals surface area (Å²) in [6, 6.07) is 16.2. The van der Waals surface area contributed by atoms with Crippen LogP contribution in [0.4, 0.5) is 5.82 Å². The van der Waals surface area contributed by atoms with E-state index < -0.39 is 0 Å². The van der Waals surface area contributed by atoms with Gasteiger partial charge < -0.3 is 14.5 Å². The summed E-state index contributed by atoms with van der Waals surface area (Å²) < 4.78 is 5.28. The van der Waals surface area contributed by atoms with E-state index in [1.807, 2.05) is 41.3 Å². The predicted molar refractivity (Wildman–Crippen MR) is 118 cm³/mol. The highest BCUT2D eigenvalue weighted by atomic mass is 16.5. The van der Waals surface area contributed by atoms with Gasteiger partial charge in [-0.15, -0.1) is 10.2 Å². The van der Waals surface area contributed by atoms with E-state index in [4.69, 9.17) is 4.74 Å². The number of amides is 1. The van der Waals surface area contributed by atoms with Crippen molar-refractivity contribution >= 4 is 22.5 Å². The summed E-state index contributed by atoms with van der Waals surface area (Å²) in [4.78, 5) is 16.8. The highest BCUT2D eigenvalue weighted by Crippen LogP contribution is 2.34. The Morgan fingerprint density at radius 1 is 0.933 bits per heavy atom. The molecule has 2 aromatic carbocycles. The molecule has 1 aromatic heterocycles. The molecule has 0 spiro atoms. The van der Waals surface area contributed by atoms with Crippen LogP contribution in [0.15, 0.2) is 48.5 Å². The maximum Gasteiger partial charge on any atom is 0.225 e. The van der Waals surface area contributed by atoms with E-state index in [-0.39, 0.29) is 5.92 Å². The number of ether oxygens (including phenoxy) is 1. The molecule has 1 aliphatic carbocycles. The lowest BCUT2D eigenvalue weighted by atomic mass is 10.0. The summed E-state index contributed by atoms with van der Waals surface area (Å²) in [5, 5.41) is 11.5. The standard InChI is InChI=1S/C24H26N4O2/c1-30-19-11-9-17(10-12-19)22-20-5-2-3-6-21(20)23(26-25-22)27-13-4-14-28(16-15-27)24(29)18-7-8-18/h2-3,5-6,9-12,18H,4,7-8,13-16H2,1H3. The topological polar surface area (TPSA) is 58.6 Å². The fourth-order valence-electron chi connectivity index (χ4n) is 4.22. The number of hydrogen-bond donors (Lipinski definition) is 0. The largest absolute Gasteiger partial charge is 0.497 e. The van der Waals surface area contributed by atoms with Crippen LogP contribution in [0.5, 0.6) is 5.75 Å². The Morgan fingerprint density at radius 3 is 2.43 bits per heavy atom. The van der Waals surface area contributed by atoms with Crippen LogP contribution in [0.3, 0.4) is 0 Å². The van der Waals surface area contributed by atoms with Crippen molar-refractivity contribution in [3.05, 3.63) is 48.5 Å². The number of carbonyl (C=O) groups is 1. The lowest BCUT2D eigenvalue weighted by Gasteiger charge is -2.24. The van der Waals surface area contributed by atoms with Gasteiger partial charge in [-0.05, 0) is 43.5 Å². The van der Waals surface area contributed by atoms with Crippen LogP contribution in [0.25, 0.3) is 22.0 Å². The Morgan fingerprint density at radius 2 is 1.70 bits per heavy atom. The zero-order chi connectivity index (χ0) is 20.5. The van der Waals surface area contributed by atoms with Gasteiger partial charge in [-0.25, -0.2) is 0 Å². The number of rotatable bonds is 4. The number of benzene rings is 2. The summed E-state index contributed by atoms with van der Waals surface area (Å²) in [6.07, 6.45) is 3.07.